The van der Waals surface area contributed by atoms with Crippen molar-refractivity contribution in [3.05, 3.63) is 46.8 Å². The summed E-state index contributed by atoms with van der Waals surface area (Å²) in [5, 5.41) is 4.46. The lowest BCUT2D eigenvalue weighted by atomic mass is 10.2. The number of carbonyl (C=O) groups is 1. The number of nitrogens with zero attached hydrogens (tertiary/aromatic N) is 2. The number of rotatable bonds is 5. The van der Waals surface area contributed by atoms with Gasteiger partial charge in [-0.3, -0.25) is 14.9 Å². The number of hydrogen-bond acceptors (Lipinski definition) is 4. The second kappa shape index (κ2) is 6.41. The topological polar surface area (TPSA) is 82.2 Å². The van der Waals surface area contributed by atoms with Gasteiger partial charge in [0.15, 0.2) is 0 Å². The van der Waals surface area contributed by atoms with E-state index < -0.39 is 0 Å². The Kier molecular flexibility index (Phi) is 4.59. The highest BCUT2D eigenvalue weighted by Crippen LogP contribution is 2.14. The van der Waals surface area contributed by atoms with Crippen LogP contribution in [0.4, 0.5) is 0 Å². The van der Waals surface area contributed by atoms with Gasteiger partial charge in [0.25, 0.3) is 5.91 Å². The van der Waals surface area contributed by atoms with Crippen LogP contribution in [0.2, 0.25) is 0 Å². The summed E-state index contributed by atoms with van der Waals surface area (Å²) < 4.78 is 7.60. The standard InChI is InChI=1S/C15H20N4O2/c1-10-11(2)18-19(12(10)3)7-8-21-14-6-4-5-13(9-14)15(20)17-16/h4-6,9H,7-8,16H2,1-3H3,(H,17,20). The van der Waals surface area contributed by atoms with E-state index in [0.29, 0.717) is 24.5 Å². The third kappa shape index (κ3) is 3.41. The lowest BCUT2D eigenvalue weighted by Crippen LogP contribution is -2.29. The summed E-state index contributed by atoms with van der Waals surface area (Å²) in [6, 6.07) is 6.90. The molecule has 0 aliphatic heterocycles. The molecule has 2 rings (SSSR count). The summed E-state index contributed by atoms with van der Waals surface area (Å²) >= 11 is 0. The highest BCUT2D eigenvalue weighted by molar-refractivity contribution is 5.94. The summed E-state index contributed by atoms with van der Waals surface area (Å²) in [5.74, 6) is 5.41. The quantitative estimate of drug-likeness (QED) is 0.496. The molecular weight excluding hydrogens is 268 g/mol. The molecule has 6 heteroatoms. The molecule has 0 spiro atoms. The van der Waals surface area contributed by atoms with Crippen molar-refractivity contribution in [2.45, 2.75) is 27.3 Å². The van der Waals surface area contributed by atoms with Gasteiger partial charge < -0.3 is 4.74 Å². The van der Waals surface area contributed by atoms with Crippen LogP contribution in [0.3, 0.4) is 0 Å². The van der Waals surface area contributed by atoms with Crippen LogP contribution in [0.1, 0.15) is 27.3 Å². The molecule has 0 unspecified atom stereocenters. The van der Waals surface area contributed by atoms with E-state index in [-0.39, 0.29) is 5.91 Å². The van der Waals surface area contributed by atoms with Crippen molar-refractivity contribution < 1.29 is 9.53 Å². The Balaban J connectivity index is 1.97. The summed E-state index contributed by atoms with van der Waals surface area (Å²) in [4.78, 5) is 11.4. The molecular formula is C15H20N4O2. The number of benzene rings is 1. The summed E-state index contributed by atoms with van der Waals surface area (Å²) in [5.41, 5.74) is 5.95. The van der Waals surface area contributed by atoms with Crippen LogP contribution in [0, 0.1) is 20.8 Å². The van der Waals surface area contributed by atoms with Crippen molar-refractivity contribution in [3.8, 4) is 5.75 Å². The van der Waals surface area contributed by atoms with Crippen molar-refractivity contribution in [2.75, 3.05) is 6.61 Å². The Morgan fingerprint density at radius 2 is 2.14 bits per heavy atom. The first-order valence-electron chi connectivity index (χ1n) is 6.77. The van der Waals surface area contributed by atoms with Crippen LogP contribution in [-0.2, 0) is 6.54 Å². The van der Waals surface area contributed by atoms with Crippen molar-refractivity contribution in [1.82, 2.24) is 15.2 Å². The maximum absolute atomic E-state index is 11.4. The molecule has 6 nitrogen and oxygen atoms in total. The minimum Gasteiger partial charge on any atom is -0.492 e. The predicted molar refractivity (Wildman–Crippen MR) is 80.0 cm³/mol. The van der Waals surface area contributed by atoms with E-state index in [2.05, 4.69) is 17.4 Å². The van der Waals surface area contributed by atoms with Crippen LogP contribution in [-0.4, -0.2) is 22.3 Å². The normalized spacial score (nSPS) is 10.5. The summed E-state index contributed by atoms with van der Waals surface area (Å²) in [6.07, 6.45) is 0. The summed E-state index contributed by atoms with van der Waals surface area (Å²) in [7, 11) is 0. The van der Waals surface area contributed by atoms with E-state index in [1.54, 1.807) is 24.3 Å². The zero-order valence-corrected chi connectivity index (χ0v) is 12.5. The van der Waals surface area contributed by atoms with E-state index in [1.807, 2.05) is 18.5 Å². The molecule has 1 aromatic carbocycles. The predicted octanol–water partition coefficient (Wildman–Crippen LogP) is 1.49. The number of hydrazine groups is 1. The van der Waals surface area contributed by atoms with Gasteiger partial charge in [0.1, 0.15) is 12.4 Å². The molecule has 1 heterocycles. The number of nitrogen functional groups attached to an aromatic ring is 1. The SMILES string of the molecule is Cc1nn(CCOc2cccc(C(=O)NN)c2)c(C)c1C. The van der Waals surface area contributed by atoms with Gasteiger partial charge in [0, 0.05) is 11.3 Å². The first-order chi connectivity index (χ1) is 10.0. The lowest BCUT2D eigenvalue weighted by Gasteiger charge is -2.09. The molecule has 2 aromatic rings. The average Bonchev–Trinajstić information content (AvgIpc) is 2.74. The van der Waals surface area contributed by atoms with Gasteiger partial charge >= 0.3 is 0 Å². The highest BCUT2D eigenvalue weighted by Gasteiger charge is 2.08. The molecule has 0 atom stereocenters. The molecule has 0 radical (unpaired) electrons. The Morgan fingerprint density at radius 3 is 2.76 bits per heavy atom. The Morgan fingerprint density at radius 1 is 1.38 bits per heavy atom. The third-order valence-corrected chi connectivity index (χ3v) is 3.54. The van der Waals surface area contributed by atoms with Crippen LogP contribution >= 0.6 is 0 Å². The van der Waals surface area contributed by atoms with Crippen molar-refractivity contribution in [1.29, 1.82) is 0 Å². The first kappa shape index (κ1) is 15.1. The van der Waals surface area contributed by atoms with Gasteiger partial charge in [-0.05, 0) is 44.5 Å². The Bertz CT molecular complexity index is 649. The van der Waals surface area contributed by atoms with E-state index >= 15 is 0 Å². The minimum absolute atomic E-state index is 0.338. The maximum Gasteiger partial charge on any atom is 0.265 e. The Hall–Kier alpha value is -2.34. The fourth-order valence-corrected chi connectivity index (χ4v) is 2.06. The molecule has 0 fully saturated rings. The molecule has 1 aromatic heterocycles. The fourth-order valence-electron chi connectivity index (χ4n) is 2.06. The van der Waals surface area contributed by atoms with Crippen LogP contribution in [0.25, 0.3) is 0 Å². The van der Waals surface area contributed by atoms with Gasteiger partial charge in [-0.25, -0.2) is 5.84 Å². The van der Waals surface area contributed by atoms with Crippen molar-refractivity contribution in [2.24, 2.45) is 5.84 Å². The molecule has 0 saturated carbocycles. The van der Waals surface area contributed by atoms with Gasteiger partial charge in [-0.15, -0.1) is 0 Å². The number of hydrogen-bond donors (Lipinski definition) is 2. The lowest BCUT2D eigenvalue weighted by molar-refractivity contribution is 0.0953. The molecule has 0 bridgehead atoms. The second-order valence-electron chi connectivity index (χ2n) is 4.87. The molecule has 21 heavy (non-hydrogen) atoms. The molecule has 0 aliphatic rings. The Labute approximate surface area is 123 Å². The molecule has 3 N–H and O–H groups in total. The van der Waals surface area contributed by atoms with E-state index in [0.717, 1.165) is 11.4 Å². The first-order valence-corrected chi connectivity index (χ1v) is 6.77. The largest absolute Gasteiger partial charge is 0.492 e. The number of amides is 1. The van der Waals surface area contributed by atoms with Gasteiger partial charge in [-0.1, -0.05) is 6.07 Å². The molecule has 112 valence electrons. The number of aryl methyl sites for hydroxylation is 1. The number of nitrogens with two attached hydrogens (primary N) is 1. The maximum atomic E-state index is 11.4. The molecule has 0 saturated heterocycles. The number of carbonyl (C=O) groups excluding carboxylic acids is 1. The van der Waals surface area contributed by atoms with Crippen LogP contribution in [0.15, 0.2) is 24.3 Å². The summed E-state index contributed by atoms with van der Waals surface area (Å²) in [6.45, 7) is 7.24. The average molecular weight is 288 g/mol. The zero-order chi connectivity index (χ0) is 15.4. The number of ether oxygens (including phenoxy) is 1. The highest BCUT2D eigenvalue weighted by atomic mass is 16.5. The number of nitrogens with one attached hydrogen (secondary N) is 1. The van der Waals surface area contributed by atoms with Gasteiger partial charge in [0.2, 0.25) is 0 Å². The monoisotopic (exact) mass is 288 g/mol. The fraction of sp³-hybridized carbons (Fsp3) is 0.333. The molecule has 0 aliphatic carbocycles. The van der Waals surface area contributed by atoms with Gasteiger partial charge in [0.05, 0.1) is 12.2 Å². The number of aromatic nitrogens is 2. The van der Waals surface area contributed by atoms with Crippen molar-refractivity contribution in [3.63, 3.8) is 0 Å². The van der Waals surface area contributed by atoms with E-state index in [4.69, 9.17) is 10.6 Å². The van der Waals surface area contributed by atoms with Crippen LogP contribution in [0.5, 0.6) is 5.75 Å². The second-order valence-corrected chi connectivity index (χ2v) is 4.87. The third-order valence-electron chi connectivity index (χ3n) is 3.54. The van der Waals surface area contributed by atoms with Gasteiger partial charge in [-0.2, -0.15) is 5.10 Å². The minimum atomic E-state index is -0.338. The zero-order valence-electron chi connectivity index (χ0n) is 12.5. The smallest absolute Gasteiger partial charge is 0.265 e. The van der Waals surface area contributed by atoms with E-state index in [1.165, 1.54) is 5.56 Å². The molecule has 1 amide bonds. The van der Waals surface area contributed by atoms with Crippen molar-refractivity contribution >= 4 is 5.91 Å². The van der Waals surface area contributed by atoms with E-state index in [9.17, 15) is 4.79 Å². The van der Waals surface area contributed by atoms with Crippen LogP contribution < -0.4 is 16.0 Å².